The minimum atomic E-state index is -0.329. The molecule has 3 fully saturated rings. The van der Waals surface area contributed by atoms with Crippen LogP contribution in [0.2, 0.25) is 0 Å². The predicted molar refractivity (Wildman–Crippen MR) is 70.9 cm³/mol. The molecule has 0 saturated carbocycles. The second-order valence-electron chi connectivity index (χ2n) is 5.59. The normalized spacial score (nSPS) is 29.2. The smallest absolute Gasteiger partial charge is 0.124 e. The molecule has 4 rings (SSSR count). The summed E-state index contributed by atoms with van der Waals surface area (Å²) in [4.78, 5) is 2.49. The summed E-state index contributed by atoms with van der Waals surface area (Å²) in [5.41, 5.74) is 1.25. The molecule has 3 heterocycles. The van der Waals surface area contributed by atoms with Crippen molar-refractivity contribution in [1.29, 1.82) is 5.26 Å². The van der Waals surface area contributed by atoms with Crippen LogP contribution in [0.3, 0.4) is 0 Å². The highest BCUT2D eigenvalue weighted by molar-refractivity contribution is 5.33. The zero-order valence-electron chi connectivity index (χ0n) is 10.9. The topological polar surface area (TPSA) is 39.1 Å². The molecule has 1 unspecified atom stereocenters. The minimum absolute atomic E-state index is 0.329. The number of piperidine rings is 3. The molecular weight excluding hydrogens is 241 g/mol. The first-order valence-corrected chi connectivity index (χ1v) is 6.90. The first-order valence-electron chi connectivity index (χ1n) is 6.90. The van der Waals surface area contributed by atoms with Crippen LogP contribution in [0, 0.1) is 23.1 Å². The van der Waals surface area contributed by atoms with E-state index in [1.54, 1.807) is 6.07 Å². The standard InChI is InChI=1S/C15H18FN3/c16-14-6-11(8-17)5-12(7-14)9-18-15-10-19-3-1-13(15)2-4-19/h5-7,13,15,18H,1-4,9-10H2. The van der Waals surface area contributed by atoms with Crippen LogP contribution in [0.4, 0.5) is 4.39 Å². The molecule has 1 aromatic rings. The average Bonchev–Trinajstić information content (AvgIpc) is 2.46. The number of hydrogen-bond acceptors (Lipinski definition) is 3. The maximum absolute atomic E-state index is 13.3. The zero-order valence-corrected chi connectivity index (χ0v) is 10.9. The van der Waals surface area contributed by atoms with Crippen LogP contribution in [-0.4, -0.2) is 30.6 Å². The molecule has 19 heavy (non-hydrogen) atoms. The van der Waals surface area contributed by atoms with E-state index in [9.17, 15) is 4.39 Å². The fourth-order valence-electron chi connectivity index (χ4n) is 3.26. The molecule has 0 amide bonds. The summed E-state index contributed by atoms with van der Waals surface area (Å²) in [6, 6.07) is 7.05. The Balaban J connectivity index is 1.63. The predicted octanol–water partition coefficient (Wildman–Crippen LogP) is 1.88. The largest absolute Gasteiger partial charge is 0.308 e. The fourth-order valence-corrected chi connectivity index (χ4v) is 3.26. The van der Waals surface area contributed by atoms with Crippen molar-refractivity contribution in [2.45, 2.75) is 25.4 Å². The highest BCUT2D eigenvalue weighted by Gasteiger charge is 2.33. The van der Waals surface area contributed by atoms with E-state index in [0.717, 1.165) is 18.0 Å². The highest BCUT2D eigenvalue weighted by Crippen LogP contribution is 2.27. The van der Waals surface area contributed by atoms with Gasteiger partial charge in [0.1, 0.15) is 5.82 Å². The number of halogens is 1. The van der Waals surface area contributed by atoms with Crippen molar-refractivity contribution < 1.29 is 4.39 Å². The van der Waals surface area contributed by atoms with Gasteiger partial charge in [-0.3, -0.25) is 0 Å². The van der Waals surface area contributed by atoms with Crippen LogP contribution in [0.5, 0.6) is 0 Å². The summed E-state index contributed by atoms with van der Waals surface area (Å²) in [6.45, 7) is 4.19. The van der Waals surface area contributed by atoms with Gasteiger partial charge in [-0.05, 0) is 55.6 Å². The van der Waals surface area contributed by atoms with E-state index < -0.39 is 0 Å². The quantitative estimate of drug-likeness (QED) is 0.901. The van der Waals surface area contributed by atoms with E-state index in [4.69, 9.17) is 5.26 Å². The van der Waals surface area contributed by atoms with Crippen LogP contribution in [0.25, 0.3) is 0 Å². The van der Waals surface area contributed by atoms with E-state index in [0.29, 0.717) is 18.2 Å². The number of benzene rings is 1. The van der Waals surface area contributed by atoms with Gasteiger partial charge in [-0.1, -0.05) is 0 Å². The third-order valence-corrected chi connectivity index (χ3v) is 4.31. The van der Waals surface area contributed by atoms with Crippen molar-refractivity contribution in [2.75, 3.05) is 19.6 Å². The van der Waals surface area contributed by atoms with E-state index in [2.05, 4.69) is 10.2 Å². The third-order valence-electron chi connectivity index (χ3n) is 4.31. The molecule has 0 aromatic heterocycles. The van der Waals surface area contributed by atoms with Crippen LogP contribution >= 0.6 is 0 Å². The lowest BCUT2D eigenvalue weighted by atomic mass is 9.84. The van der Waals surface area contributed by atoms with Gasteiger partial charge in [0.15, 0.2) is 0 Å². The van der Waals surface area contributed by atoms with Gasteiger partial charge < -0.3 is 10.2 Å². The van der Waals surface area contributed by atoms with Gasteiger partial charge in [-0.15, -0.1) is 0 Å². The van der Waals surface area contributed by atoms with Gasteiger partial charge in [0.05, 0.1) is 11.6 Å². The lowest BCUT2D eigenvalue weighted by molar-refractivity contribution is 0.0720. The Hall–Kier alpha value is -1.44. The monoisotopic (exact) mass is 259 g/mol. The van der Waals surface area contributed by atoms with Crippen molar-refractivity contribution >= 4 is 0 Å². The molecular formula is C15H18FN3. The summed E-state index contributed by atoms with van der Waals surface area (Å²) in [5.74, 6) is 0.429. The Morgan fingerprint density at radius 2 is 2.11 bits per heavy atom. The van der Waals surface area contributed by atoms with E-state index in [-0.39, 0.29) is 5.82 Å². The van der Waals surface area contributed by atoms with Crippen LogP contribution in [0.1, 0.15) is 24.0 Å². The van der Waals surface area contributed by atoms with Gasteiger partial charge in [0, 0.05) is 19.1 Å². The number of nitriles is 1. The number of fused-ring (bicyclic) bond motifs is 3. The van der Waals surface area contributed by atoms with Crippen LogP contribution < -0.4 is 5.32 Å². The van der Waals surface area contributed by atoms with Gasteiger partial charge in [0.2, 0.25) is 0 Å². The Bertz CT molecular complexity index is 501. The second kappa shape index (κ2) is 5.28. The number of nitrogens with one attached hydrogen (secondary N) is 1. The van der Waals surface area contributed by atoms with Gasteiger partial charge in [0.25, 0.3) is 0 Å². The molecule has 0 radical (unpaired) electrons. The Kier molecular flexibility index (Phi) is 3.50. The molecule has 1 N–H and O–H groups in total. The van der Waals surface area contributed by atoms with E-state index >= 15 is 0 Å². The summed E-state index contributed by atoms with van der Waals surface area (Å²) >= 11 is 0. The highest BCUT2D eigenvalue weighted by atomic mass is 19.1. The van der Waals surface area contributed by atoms with Crippen LogP contribution in [-0.2, 0) is 6.54 Å². The van der Waals surface area contributed by atoms with Crippen molar-refractivity contribution in [2.24, 2.45) is 5.92 Å². The lowest BCUT2D eigenvalue weighted by Gasteiger charge is -2.45. The van der Waals surface area contributed by atoms with Crippen molar-refractivity contribution in [1.82, 2.24) is 10.2 Å². The average molecular weight is 259 g/mol. The summed E-state index contributed by atoms with van der Waals surface area (Å²) in [7, 11) is 0. The molecule has 3 saturated heterocycles. The first-order chi connectivity index (χ1) is 9.24. The molecule has 3 aliphatic rings. The number of rotatable bonds is 3. The SMILES string of the molecule is N#Cc1cc(F)cc(CNC2CN3CCC2CC3)c1. The van der Waals surface area contributed by atoms with E-state index in [1.807, 2.05) is 6.07 Å². The maximum Gasteiger partial charge on any atom is 0.124 e. The molecule has 1 aromatic carbocycles. The molecule has 3 nitrogen and oxygen atoms in total. The maximum atomic E-state index is 13.3. The molecule has 100 valence electrons. The second-order valence-corrected chi connectivity index (χ2v) is 5.59. The molecule has 3 aliphatic heterocycles. The van der Waals surface area contributed by atoms with Gasteiger partial charge in [-0.2, -0.15) is 5.26 Å². The summed E-state index contributed by atoms with van der Waals surface area (Å²) in [5, 5.41) is 12.4. The molecule has 2 bridgehead atoms. The Labute approximate surface area is 113 Å². The van der Waals surface area contributed by atoms with Crippen molar-refractivity contribution in [3.05, 3.63) is 35.1 Å². The number of hydrogen-bond donors (Lipinski definition) is 1. The summed E-state index contributed by atoms with van der Waals surface area (Å²) < 4.78 is 13.3. The zero-order chi connectivity index (χ0) is 13.2. The molecule has 0 aliphatic carbocycles. The number of nitrogens with zero attached hydrogens (tertiary/aromatic N) is 2. The molecule has 1 atom stereocenters. The molecule has 0 spiro atoms. The fraction of sp³-hybridized carbons (Fsp3) is 0.533. The van der Waals surface area contributed by atoms with Crippen molar-refractivity contribution in [3.8, 4) is 6.07 Å². The van der Waals surface area contributed by atoms with Crippen LogP contribution in [0.15, 0.2) is 18.2 Å². The minimum Gasteiger partial charge on any atom is -0.308 e. The van der Waals surface area contributed by atoms with Gasteiger partial charge in [-0.25, -0.2) is 4.39 Å². The van der Waals surface area contributed by atoms with Crippen molar-refractivity contribution in [3.63, 3.8) is 0 Å². The molecule has 4 heteroatoms. The van der Waals surface area contributed by atoms with E-state index in [1.165, 1.54) is 38.1 Å². The van der Waals surface area contributed by atoms with Gasteiger partial charge >= 0.3 is 0 Å². The third kappa shape index (κ3) is 2.78. The Morgan fingerprint density at radius 1 is 1.32 bits per heavy atom. The lowest BCUT2D eigenvalue weighted by Crippen LogP contribution is -2.55. The first kappa shape index (κ1) is 12.6. The summed E-state index contributed by atoms with van der Waals surface area (Å²) in [6.07, 6.45) is 2.54. The Morgan fingerprint density at radius 3 is 2.74 bits per heavy atom.